The van der Waals surface area contributed by atoms with Crippen molar-refractivity contribution in [3.05, 3.63) is 35.0 Å². The zero-order valence-corrected chi connectivity index (χ0v) is 12.6. The molecule has 0 aliphatic heterocycles. The Labute approximate surface area is 129 Å². The van der Waals surface area contributed by atoms with Gasteiger partial charge < -0.3 is 15.2 Å². The molecule has 0 saturated heterocycles. The molecule has 0 amide bonds. The first-order chi connectivity index (χ1) is 10.7. The topological polar surface area (TPSA) is 81.2 Å². The van der Waals surface area contributed by atoms with Crippen LogP contribution in [-0.2, 0) is 12.8 Å². The van der Waals surface area contributed by atoms with E-state index in [2.05, 4.69) is 11.1 Å². The Morgan fingerprint density at radius 2 is 2.05 bits per heavy atom. The highest BCUT2D eigenvalue weighted by atomic mass is 16.5. The molecular formula is C17H17N3O2. The summed E-state index contributed by atoms with van der Waals surface area (Å²) in [6, 6.07) is 7.75. The Hall–Kier alpha value is -2.74. The van der Waals surface area contributed by atoms with Crippen molar-refractivity contribution in [1.82, 2.24) is 4.98 Å². The monoisotopic (exact) mass is 295 g/mol. The van der Waals surface area contributed by atoms with Gasteiger partial charge in [0.05, 0.1) is 14.2 Å². The minimum atomic E-state index is 0.281. The molecule has 1 aliphatic rings. The molecule has 0 saturated carbocycles. The van der Waals surface area contributed by atoms with E-state index in [-0.39, 0.29) is 5.82 Å². The van der Waals surface area contributed by atoms with Crippen LogP contribution in [0, 0.1) is 11.3 Å². The van der Waals surface area contributed by atoms with Gasteiger partial charge in [-0.15, -0.1) is 0 Å². The highest BCUT2D eigenvalue weighted by molar-refractivity contribution is 5.83. The number of fused-ring (bicyclic) bond motifs is 1. The predicted octanol–water partition coefficient (Wildman–Crippen LogP) is 2.71. The first kappa shape index (κ1) is 14.2. The number of methoxy groups -OCH3 is 2. The molecule has 112 valence electrons. The molecule has 0 fully saturated rings. The van der Waals surface area contributed by atoms with Gasteiger partial charge in [0.1, 0.15) is 28.9 Å². The van der Waals surface area contributed by atoms with E-state index >= 15 is 0 Å². The van der Waals surface area contributed by atoms with Gasteiger partial charge in [-0.3, -0.25) is 0 Å². The molecule has 2 aromatic rings. The van der Waals surface area contributed by atoms with Crippen LogP contribution in [0.2, 0.25) is 0 Å². The summed E-state index contributed by atoms with van der Waals surface area (Å²) in [7, 11) is 3.23. The van der Waals surface area contributed by atoms with Crippen molar-refractivity contribution in [1.29, 1.82) is 5.26 Å². The van der Waals surface area contributed by atoms with Crippen LogP contribution in [0.3, 0.4) is 0 Å². The molecule has 0 bridgehead atoms. The van der Waals surface area contributed by atoms with Gasteiger partial charge in [-0.25, -0.2) is 4.98 Å². The minimum Gasteiger partial charge on any atom is -0.497 e. The number of anilines is 1. The third-order valence-electron chi connectivity index (χ3n) is 4.04. The van der Waals surface area contributed by atoms with Gasteiger partial charge in [0.15, 0.2) is 0 Å². The Kier molecular flexibility index (Phi) is 3.60. The number of ether oxygens (including phenoxy) is 2. The Balaban J connectivity index is 2.35. The molecule has 0 spiro atoms. The Bertz CT molecular complexity index is 778. The van der Waals surface area contributed by atoms with Gasteiger partial charge in [0.2, 0.25) is 0 Å². The predicted molar refractivity (Wildman–Crippen MR) is 83.9 cm³/mol. The van der Waals surface area contributed by atoms with E-state index in [4.69, 9.17) is 15.2 Å². The standard InChI is InChI=1S/C17H17N3O2/c1-21-10-6-7-15(22-2)12(8-10)16-11-4-3-5-14(11)20-17(19)13(16)9-18/h6-8H,3-5H2,1-2H3,(H2,19,20). The maximum absolute atomic E-state index is 9.54. The van der Waals surface area contributed by atoms with Crippen LogP contribution >= 0.6 is 0 Å². The quantitative estimate of drug-likeness (QED) is 0.941. The summed E-state index contributed by atoms with van der Waals surface area (Å²) < 4.78 is 10.8. The lowest BCUT2D eigenvalue weighted by Crippen LogP contribution is -2.04. The van der Waals surface area contributed by atoms with E-state index in [0.29, 0.717) is 17.1 Å². The van der Waals surface area contributed by atoms with Crippen LogP contribution in [0.15, 0.2) is 18.2 Å². The fourth-order valence-electron chi connectivity index (χ4n) is 3.02. The number of nitrogen functional groups attached to an aromatic ring is 1. The molecule has 1 heterocycles. The summed E-state index contributed by atoms with van der Waals surface area (Å²) in [4.78, 5) is 4.39. The second-order valence-corrected chi connectivity index (χ2v) is 5.20. The molecule has 3 rings (SSSR count). The molecule has 0 radical (unpaired) electrons. The van der Waals surface area contributed by atoms with Crippen molar-refractivity contribution in [2.24, 2.45) is 0 Å². The minimum absolute atomic E-state index is 0.281. The Morgan fingerprint density at radius 1 is 1.23 bits per heavy atom. The van der Waals surface area contributed by atoms with E-state index < -0.39 is 0 Å². The highest BCUT2D eigenvalue weighted by Gasteiger charge is 2.25. The van der Waals surface area contributed by atoms with Crippen molar-refractivity contribution in [2.45, 2.75) is 19.3 Å². The first-order valence-electron chi connectivity index (χ1n) is 7.13. The van der Waals surface area contributed by atoms with Gasteiger partial charge in [-0.1, -0.05) is 0 Å². The number of nitrogens with zero attached hydrogens (tertiary/aromatic N) is 2. The number of hydrogen-bond donors (Lipinski definition) is 1. The van der Waals surface area contributed by atoms with Gasteiger partial charge in [-0.2, -0.15) is 5.26 Å². The zero-order chi connectivity index (χ0) is 15.7. The van der Waals surface area contributed by atoms with Crippen LogP contribution in [0.5, 0.6) is 11.5 Å². The van der Waals surface area contributed by atoms with Crippen molar-refractivity contribution in [2.75, 3.05) is 20.0 Å². The lowest BCUT2D eigenvalue weighted by atomic mass is 9.94. The average Bonchev–Trinajstić information content (AvgIpc) is 3.00. The second kappa shape index (κ2) is 5.57. The first-order valence-corrected chi connectivity index (χ1v) is 7.13. The summed E-state index contributed by atoms with van der Waals surface area (Å²) in [5, 5.41) is 9.54. The molecule has 1 aromatic carbocycles. The summed E-state index contributed by atoms with van der Waals surface area (Å²) in [5.74, 6) is 1.68. The largest absolute Gasteiger partial charge is 0.497 e. The van der Waals surface area contributed by atoms with Crippen LogP contribution in [-0.4, -0.2) is 19.2 Å². The van der Waals surface area contributed by atoms with E-state index in [1.165, 1.54) is 0 Å². The summed E-state index contributed by atoms with van der Waals surface area (Å²) in [6.45, 7) is 0. The van der Waals surface area contributed by atoms with Crippen molar-refractivity contribution < 1.29 is 9.47 Å². The van der Waals surface area contributed by atoms with Gasteiger partial charge in [0, 0.05) is 16.8 Å². The molecule has 22 heavy (non-hydrogen) atoms. The fraction of sp³-hybridized carbons (Fsp3) is 0.294. The molecule has 1 aliphatic carbocycles. The average molecular weight is 295 g/mol. The highest BCUT2D eigenvalue weighted by Crippen LogP contribution is 2.41. The number of nitriles is 1. The Morgan fingerprint density at radius 3 is 2.73 bits per heavy atom. The van der Waals surface area contributed by atoms with E-state index in [1.807, 2.05) is 18.2 Å². The van der Waals surface area contributed by atoms with Gasteiger partial charge in [0.25, 0.3) is 0 Å². The van der Waals surface area contributed by atoms with Crippen LogP contribution in [0.1, 0.15) is 23.2 Å². The van der Waals surface area contributed by atoms with E-state index in [1.54, 1.807) is 14.2 Å². The molecule has 0 unspecified atom stereocenters. The smallest absolute Gasteiger partial charge is 0.142 e. The molecule has 5 heteroatoms. The molecular weight excluding hydrogens is 278 g/mol. The lowest BCUT2D eigenvalue weighted by molar-refractivity contribution is 0.404. The molecule has 2 N–H and O–H groups in total. The third-order valence-corrected chi connectivity index (χ3v) is 4.04. The van der Waals surface area contributed by atoms with Crippen molar-refractivity contribution >= 4 is 5.82 Å². The number of nitrogens with two attached hydrogens (primary N) is 1. The number of aryl methyl sites for hydroxylation is 1. The third kappa shape index (κ3) is 2.13. The van der Waals surface area contributed by atoms with Crippen LogP contribution in [0.25, 0.3) is 11.1 Å². The second-order valence-electron chi connectivity index (χ2n) is 5.20. The zero-order valence-electron chi connectivity index (χ0n) is 12.6. The van der Waals surface area contributed by atoms with Crippen LogP contribution in [0.4, 0.5) is 5.82 Å². The summed E-state index contributed by atoms with van der Waals surface area (Å²) in [6.07, 6.45) is 2.81. The number of aromatic nitrogens is 1. The number of hydrogen-bond acceptors (Lipinski definition) is 5. The lowest BCUT2D eigenvalue weighted by Gasteiger charge is -2.16. The van der Waals surface area contributed by atoms with E-state index in [0.717, 1.165) is 41.6 Å². The fourth-order valence-corrected chi connectivity index (χ4v) is 3.02. The van der Waals surface area contributed by atoms with Gasteiger partial charge in [-0.05, 0) is 43.0 Å². The number of benzene rings is 1. The van der Waals surface area contributed by atoms with Crippen LogP contribution < -0.4 is 15.2 Å². The molecule has 0 atom stereocenters. The van der Waals surface area contributed by atoms with Gasteiger partial charge >= 0.3 is 0 Å². The SMILES string of the molecule is COc1ccc(OC)c(-c2c(C#N)c(N)nc3c2CCC3)c1. The number of rotatable bonds is 3. The molecule has 1 aromatic heterocycles. The van der Waals surface area contributed by atoms with Crippen molar-refractivity contribution in [3.63, 3.8) is 0 Å². The molecule has 5 nitrogen and oxygen atoms in total. The normalized spacial score (nSPS) is 12.6. The van der Waals surface area contributed by atoms with Crippen molar-refractivity contribution in [3.8, 4) is 28.7 Å². The van der Waals surface area contributed by atoms with E-state index in [9.17, 15) is 5.26 Å². The number of pyridine rings is 1. The summed E-state index contributed by atoms with van der Waals surface area (Å²) >= 11 is 0. The maximum Gasteiger partial charge on any atom is 0.142 e. The summed E-state index contributed by atoms with van der Waals surface area (Å²) in [5.41, 5.74) is 10.1. The maximum atomic E-state index is 9.54.